The minimum Gasteiger partial charge on any atom is -0.494 e. The standard InChI is InChI=1S/C23H30O4/c1-4-26-23(25)8-6-5-7-22(24)20-10-9-19-16-21(12-11-18(19)15-20)27-14-13-17(2)3/h9-12,15-17H,4-8,13-14H2,1-3H3. The third-order valence-corrected chi connectivity index (χ3v) is 4.44. The lowest BCUT2D eigenvalue weighted by Gasteiger charge is -2.09. The first-order chi connectivity index (χ1) is 13.0. The van der Waals surface area contributed by atoms with Crippen LogP contribution in [0.3, 0.4) is 0 Å². The lowest BCUT2D eigenvalue weighted by Crippen LogP contribution is -2.04. The second kappa shape index (κ2) is 10.7. The topological polar surface area (TPSA) is 52.6 Å². The molecule has 0 saturated carbocycles. The molecular formula is C23H30O4. The van der Waals surface area contributed by atoms with E-state index in [1.54, 1.807) is 6.92 Å². The van der Waals surface area contributed by atoms with E-state index in [9.17, 15) is 9.59 Å². The summed E-state index contributed by atoms with van der Waals surface area (Å²) in [6.07, 6.45) is 3.22. The second-order valence-corrected chi connectivity index (χ2v) is 7.19. The molecule has 4 nitrogen and oxygen atoms in total. The van der Waals surface area contributed by atoms with Crippen LogP contribution in [0.4, 0.5) is 0 Å². The Morgan fingerprint density at radius 1 is 0.963 bits per heavy atom. The molecule has 0 aliphatic rings. The van der Waals surface area contributed by atoms with Gasteiger partial charge in [-0.25, -0.2) is 0 Å². The van der Waals surface area contributed by atoms with Crippen LogP contribution >= 0.6 is 0 Å². The van der Waals surface area contributed by atoms with Crippen LogP contribution in [0.25, 0.3) is 10.8 Å². The van der Waals surface area contributed by atoms with Gasteiger partial charge >= 0.3 is 5.97 Å². The third-order valence-electron chi connectivity index (χ3n) is 4.44. The zero-order valence-electron chi connectivity index (χ0n) is 16.6. The Hall–Kier alpha value is -2.36. The van der Waals surface area contributed by atoms with Crippen LogP contribution in [0.5, 0.6) is 5.75 Å². The van der Waals surface area contributed by atoms with Crippen molar-refractivity contribution < 1.29 is 19.1 Å². The largest absolute Gasteiger partial charge is 0.494 e. The molecule has 2 aromatic rings. The highest BCUT2D eigenvalue weighted by molar-refractivity contribution is 6.00. The van der Waals surface area contributed by atoms with Crippen LogP contribution < -0.4 is 4.74 Å². The van der Waals surface area contributed by atoms with Crippen molar-refractivity contribution in [3.05, 3.63) is 42.0 Å². The van der Waals surface area contributed by atoms with Crippen molar-refractivity contribution in [2.45, 2.75) is 52.9 Å². The summed E-state index contributed by atoms with van der Waals surface area (Å²) in [7, 11) is 0. The first-order valence-corrected chi connectivity index (χ1v) is 9.85. The van der Waals surface area contributed by atoms with E-state index in [1.165, 1.54) is 0 Å². The smallest absolute Gasteiger partial charge is 0.305 e. The Morgan fingerprint density at radius 2 is 1.67 bits per heavy atom. The fourth-order valence-electron chi connectivity index (χ4n) is 2.83. The summed E-state index contributed by atoms with van der Waals surface area (Å²) in [4.78, 5) is 23.7. The summed E-state index contributed by atoms with van der Waals surface area (Å²) in [5.74, 6) is 1.40. The first-order valence-electron chi connectivity index (χ1n) is 9.85. The summed E-state index contributed by atoms with van der Waals surface area (Å²) in [5, 5.41) is 2.10. The molecule has 0 aliphatic carbocycles. The molecule has 0 fully saturated rings. The number of esters is 1. The lowest BCUT2D eigenvalue weighted by molar-refractivity contribution is -0.143. The Bertz CT molecular complexity index is 764. The molecule has 0 N–H and O–H groups in total. The Kier molecular flexibility index (Phi) is 8.31. The van der Waals surface area contributed by atoms with E-state index in [0.717, 1.165) is 22.9 Å². The van der Waals surface area contributed by atoms with E-state index >= 15 is 0 Å². The van der Waals surface area contributed by atoms with Crippen LogP contribution in [0.15, 0.2) is 36.4 Å². The Morgan fingerprint density at radius 3 is 2.41 bits per heavy atom. The van der Waals surface area contributed by atoms with Crippen molar-refractivity contribution in [1.29, 1.82) is 0 Å². The van der Waals surface area contributed by atoms with E-state index in [4.69, 9.17) is 9.47 Å². The number of benzene rings is 2. The average Bonchev–Trinajstić information content (AvgIpc) is 2.64. The van der Waals surface area contributed by atoms with Crippen molar-refractivity contribution in [1.82, 2.24) is 0 Å². The number of Topliss-reactive ketones (excluding diaryl/α,β-unsaturated/α-hetero) is 1. The second-order valence-electron chi connectivity index (χ2n) is 7.19. The summed E-state index contributed by atoms with van der Waals surface area (Å²) < 4.78 is 10.7. The highest BCUT2D eigenvalue weighted by Gasteiger charge is 2.09. The molecule has 0 unspecified atom stereocenters. The first kappa shape index (κ1) is 20.9. The molecule has 0 spiro atoms. The predicted molar refractivity (Wildman–Crippen MR) is 108 cm³/mol. The number of carbonyl (C=O) groups is 2. The van der Waals surface area contributed by atoms with Gasteiger partial charge in [0.2, 0.25) is 0 Å². The van der Waals surface area contributed by atoms with Crippen LogP contribution in [0.1, 0.15) is 63.2 Å². The fraction of sp³-hybridized carbons (Fsp3) is 0.478. The van der Waals surface area contributed by atoms with Gasteiger partial charge in [-0.05, 0) is 61.1 Å². The number of ketones is 1. The number of hydrogen-bond acceptors (Lipinski definition) is 4. The van der Waals surface area contributed by atoms with Gasteiger partial charge in [-0.2, -0.15) is 0 Å². The van der Waals surface area contributed by atoms with Gasteiger partial charge in [0.25, 0.3) is 0 Å². The van der Waals surface area contributed by atoms with Gasteiger partial charge < -0.3 is 9.47 Å². The van der Waals surface area contributed by atoms with Crippen molar-refractivity contribution in [2.75, 3.05) is 13.2 Å². The lowest BCUT2D eigenvalue weighted by atomic mass is 10.0. The fourth-order valence-corrected chi connectivity index (χ4v) is 2.83. The molecule has 0 aliphatic heterocycles. The maximum atomic E-state index is 12.4. The van der Waals surface area contributed by atoms with Crippen molar-refractivity contribution in [3.8, 4) is 5.75 Å². The van der Waals surface area contributed by atoms with Gasteiger partial charge in [-0.15, -0.1) is 0 Å². The van der Waals surface area contributed by atoms with E-state index in [1.807, 2.05) is 36.4 Å². The van der Waals surface area contributed by atoms with Crippen LogP contribution in [0.2, 0.25) is 0 Å². The van der Waals surface area contributed by atoms with Crippen molar-refractivity contribution >= 4 is 22.5 Å². The van der Waals surface area contributed by atoms with E-state index in [0.29, 0.717) is 50.4 Å². The molecule has 2 rings (SSSR count). The van der Waals surface area contributed by atoms with Gasteiger partial charge in [0.1, 0.15) is 5.75 Å². The molecule has 0 heterocycles. The molecule has 0 bridgehead atoms. The molecule has 2 aromatic carbocycles. The molecular weight excluding hydrogens is 340 g/mol. The number of hydrogen-bond donors (Lipinski definition) is 0. The van der Waals surface area contributed by atoms with Crippen LogP contribution in [-0.2, 0) is 9.53 Å². The minimum absolute atomic E-state index is 0.109. The maximum absolute atomic E-state index is 12.4. The third kappa shape index (κ3) is 7.05. The van der Waals surface area contributed by atoms with Crippen molar-refractivity contribution in [3.63, 3.8) is 0 Å². The van der Waals surface area contributed by atoms with Crippen LogP contribution in [-0.4, -0.2) is 25.0 Å². The molecule has 0 atom stereocenters. The summed E-state index contributed by atoms with van der Waals surface area (Å²) in [6.45, 7) is 7.27. The van der Waals surface area contributed by atoms with Gasteiger partial charge in [-0.3, -0.25) is 9.59 Å². The zero-order valence-corrected chi connectivity index (χ0v) is 16.6. The van der Waals surface area contributed by atoms with Gasteiger partial charge in [0, 0.05) is 18.4 Å². The Labute approximate surface area is 161 Å². The SMILES string of the molecule is CCOC(=O)CCCCC(=O)c1ccc2cc(OCCC(C)C)ccc2c1. The monoisotopic (exact) mass is 370 g/mol. The summed E-state index contributed by atoms with van der Waals surface area (Å²) in [5.41, 5.74) is 0.715. The van der Waals surface area contributed by atoms with E-state index < -0.39 is 0 Å². The number of fused-ring (bicyclic) bond motifs is 1. The molecule has 27 heavy (non-hydrogen) atoms. The summed E-state index contributed by atoms with van der Waals surface area (Å²) in [6, 6.07) is 11.7. The number of ether oxygens (including phenoxy) is 2. The maximum Gasteiger partial charge on any atom is 0.305 e. The highest BCUT2D eigenvalue weighted by atomic mass is 16.5. The quantitative estimate of drug-likeness (QED) is 0.295. The molecule has 0 saturated heterocycles. The van der Waals surface area contributed by atoms with E-state index in [2.05, 4.69) is 13.8 Å². The zero-order chi connectivity index (χ0) is 19.6. The molecule has 0 amide bonds. The molecule has 146 valence electrons. The average molecular weight is 370 g/mol. The van der Waals surface area contributed by atoms with Crippen molar-refractivity contribution in [2.24, 2.45) is 5.92 Å². The Balaban J connectivity index is 1.89. The molecule has 4 heteroatoms. The van der Waals surface area contributed by atoms with E-state index in [-0.39, 0.29) is 11.8 Å². The predicted octanol–water partition coefficient (Wildman–Crippen LogP) is 5.57. The molecule has 0 radical (unpaired) electrons. The number of unbranched alkanes of at least 4 members (excludes halogenated alkanes) is 1. The van der Waals surface area contributed by atoms with Gasteiger partial charge in [-0.1, -0.05) is 32.0 Å². The van der Waals surface area contributed by atoms with Gasteiger partial charge in [0.05, 0.1) is 13.2 Å². The van der Waals surface area contributed by atoms with Gasteiger partial charge in [0.15, 0.2) is 5.78 Å². The minimum atomic E-state index is -0.193. The number of carbonyl (C=O) groups excluding carboxylic acids is 2. The van der Waals surface area contributed by atoms with Crippen LogP contribution in [0, 0.1) is 5.92 Å². The highest BCUT2D eigenvalue weighted by Crippen LogP contribution is 2.23. The normalized spacial score (nSPS) is 11.0. The number of rotatable bonds is 11. The molecule has 0 aromatic heterocycles. The summed E-state index contributed by atoms with van der Waals surface area (Å²) >= 11 is 0.